The van der Waals surface area contributed by atoms with Crippen molar-refractivity contribution in [3.63, 3.8) is 0 Å². The topological polar surface area (TPSA) is 134 Å². The number of aliphatic hydroxyl groups excluding tert-OH is 1. The van der Waals surface area contributed by atoms with E-state index < -0.39 is 12.2 Å². The van der Waals surface area contributed by atoms with Crippen molar-refractivity contribution in [1.82, 2.24) is 5.32 Å². The maximum atomic E-state index is 12.4. The summed E-state index contributed by atoms with van der Waals surface area (Å²) < 4.78 is 5.47. The Morgan fingerprint density at radius 1 is 0.969 bits per heavy atom. The second kappa shape index (κ2) is 10.8. The van der Waals surface area contributed by atoms with Crippen LogP contribution in [0, 0.1) is 0 Å². The first-order valence-electron chi connectivity index (χ1n) is 10.1. The van der Waals surface area contributed by atoms with Crippen LogP contribution in [0.3, 0.4) is 0 Å². The van der Waals surface area contributed by atoms with E-state index in [1.165, 1.54) is 6.07 Å². The molecule has 3 aromatic rings. The minimum absolute atomic E-state index is 0.0288. The first-order valence-corrected chi connectivity index (χ1v) is 10.1. The molecule has 6 N–H and O–H groups in total. The van der Waals surface area contributed by atoms with Crippen LogP contribution in [0.5, 0.6) is 5.75 Å². The zero-order chi connectivity index (χ0) is 22.9. The molecule has 166 valence electrons. The number of hydrogen-bond acceptors (Lipinski definition) is 6. The third-order valence-corrected chi connectivity index (χ3v) is 4.75. The predicted octanol–water partition coefficient (Wildman–Crippen LogP) is 3.58. The van der Waals surface area contributed by atoms with E-state index in [2.05, 4.69) is 10.6 Å². The zero-order valence-electron chi connectivity index (χ0n) is 17.3. The van der Waals surface area contributed by atoms with Crippen molar-refractivity contribution in [2.45, 2.75) is 19.1 Å². The summed E-state index contributed by atoms with van der Waals surface area (Å²) in [6.07, 6.45) is -1.10. The summed E-state index contributed by atoms with van der Waals surface area (Å²) in [5, 5.41) is 24.5. The predicted molar refractivity (Wildman–Crippen MR) is 121 cm³/mol. The fourth-order valence-corrected chi connectivity index (χ4v) is 3.01. The van der Waals surface area contributed by atoms with Crippen LogP contribution in [-0.4, -0.2) is 28.8 Å². The van der Waals surface area contributed by atoms with Crippen LogP contribution < -0.4 is 16.4 Å². The first-order chi connectivity index (χ1) is 15.5. The maximum absolute atomic E-state index is 12.4. The molecule has 8 nitrogen and oxygen atoms in total. The Kier molecular flexibility index (Phi) is 7.66. The maximum Gasteiger partial charge on any atom is 0.408 e. The molecule has 0 aromatic heterocycles. The number of carbonyl (C=O) groups is 2. The number of nitrogen functional groups attached to an aromatic ring is 1. The van der Waals surface area contributed by atoms with Gasteiger partial charge in [0, 0.05) is 30.8 Å². The van der Waals surface area contributed by atoms with Gasteiger partial charge in [0.05, 0.1) is 5.69 Å². The molecule has 0 aliphatic carbocycles. The average molecular weight is 435 g/mol. The molecule has 0 aliphatic heterocycles. The number of phenolic OH excluding ortho intramolecular Hbond substituents is 1. The molecule has 0 bridgehead atoms. The molecule has 3 rings (SSSR count). The molecule has 2 amide bonds. The molecule has 0 spiro atoms. The highest BCUT2D eigenvalue weighted by Gasteiger charge is 2.17. The lowest BCUT2D eigenvalue weighted by atomic mass is 10.0. The summed E-state index contributed by atoms with van der Waals surface area (Å²) >= 11 is 0. The van der Waals surface area contributed by atoms with Gasteiger partial charge in [-0.1, -0.05) is 36.4 Å². The molecule has 0 unspecified atom stereocenters. The molecule has 0 saturated carbocycles. The Morgan fingerprint density at radius 3 is 2.31 bits per heavy atom. The Labute approximate surface area is 185 Å². The summed E-state index contributed by atoms with van der Waals surface area (Å²) in [6, 6.07) is 20.0. The van der Waals surface area contributed by atoms with Gasteiger partial charge in [-0.15, -0.1) is 0 Å². The SMILES string of the molecule is Nc1ccc(CNC(=O)O[C@H](CCO)c2ccc(C(=O)Nc3ccccc3O)cc2)cc1. The van der Waals surface area contributed by atoms with Crippen molar-refractivity contribution < 1.29 is 24.5 Å². The molecular weight excluding hydrogens is 410 g/mol. The molecular formula is C24H25N3O5. The number of alkyl carbamates (subject to hydrolysis) is 1. The number of hydrogen-bond donors (Lipinski definition) is 5. The van der Waals surface area contributed by atoms with E-state index in [0.29, 0.717) is 22.5 Å². The summed E-state index contributed by atoms with van der Waals surface area (Å²) in [4.78, 5) is 24.7. The molecule has 0 aliphatic rings. The van der Waals surface area contributed by atoms with Gasteiger partial charge in [-0.3, -0.25) is 4.79 Å². The van der Waals surface area contributed by atoms with Crippen molar-refractivity contribution >= 4 is 23.4 Å². The third-order valence-electron chi connectivity index (χ3n) is 4.75. The van der Waals surface area contributed by atoms with Gasteiger partial charge < -0.3 is 31.3 Å². The van der Waals surface area contributed by atoms with Crippen molar-refractivity contribution in [3.05, 3.63) is 89.5 Å². The number of ether oxygens (including phenoxy) is 1. The number of rotatable bonds is 8. The second-order valence-electron chi connectivity index (χ2n) is 7.09. The van der Waals surface area contributed by atoms with Crippen LogP contribution >= 0.6 is 0 Å². The fraction of sp³-hybridized carbons (Fsp3) is 0.167. The van der Waals surface area contributed by atoms with Gasteiger partial charge in [-0.25, -0.2) is 4.79 Å². The van der Waals surface area contributed by atoms with Gasteiger partial charge in [0.2, 0.25) is 0 Å². The first kappa shape index (κ1) is 22.6. The number of carbonyl (C=O) groups excluding carboxylic acids is 2. The Hall–Kier alpha value is -4.04. The van der Waals surface area contributed by atoms with Crippen molar-refractivity contribution in [2.24, 2.45) is 0 Å². The van der Waals surface area contributed by atoms with Crippen LogP contribution in [-0.2, 0) is 11.3 Å². The van der Waals surface area contributed by atoms with E-state index in [1.807, 2.05) is 0 Å². The monoisotopic (exact) mass is 435 g/mol. The highest BCUT2D eigenvalue weighted by atomic mass is 16.6. The molecule has 32 heavy (non-hydrogen) atoms. The van der Waals surface area contributed by atoms with E-state index in [-0.39, 0.29) is 31.2 Å². The quantitative estimate of drug-likeness (QED) is 0.271. The Balaban J connectivity index is 1.60. The zero-order valence-corrected chi connectivity index (χ0v) is 17.3. The highest BCUT2D eigenvalue weighted by Crippen LogP contribution is 2.24. The van der Waals surface area contributed by atoms with Crippen LogP contribution in [0.1, 0.15) is 34.0 Å². The van der Waals surface area contributed by atoms with E-state index in [4.69, 9.17) is 10.5 Å². The average Bonchev–Trinajstić information content (AvgIpc) is 2.80. The van der Waals surface area contributed by atoms with Gasteiger partial charge in [-0.2, -0.15) is 0 Å². The summed E-state index contributed by atoms with van der Waals surface area (Å²) in [7, 11) is 0. The number of amides is 2. The van der Waals surface area contributed by atoms with Crippen LogP contribution in [0.15, 0.2) is 72.8 Å². The minimum atomic E-state index is -0.679. The van der Waals surface area contributed by atoms with Gasteiger partial charge in [0.25, 0.3) is 5.91 Å². The Morgan fingerprint density at radius 2 is 1.66 bits per heavy atom. The van der Waals surface area contributed by atoms with Crippen LogP contribution in [0.2, 0.25) is 0 Å². The number of aliphatic hydroxyl groups is 1. The molecule has 8 heteroatoms. The molecule has 3 aromatic carbocycles. The van der Waals surface area contributed by atoms with Crippen LogP contribution in [0.25, 0.3) is 0 Å². The normalized spacial score (nSPS) is 11.4. The highest BCUT2D eigenvalue weighted by molar-refractivity contribution is 6.05. The van der Waals surface area contributed by atoms with E-state index in [9.17, 15) is 19.8 Å². The van der Waals surface area contributed by atoms with E-state index in [1.54, 1.807) is 66.7 Å². The molecule has 0 saturated heterocycles. The lowest BCUT2D eigenvalue weighted by Crippen LogP contribution is -2.26. The van der Waals surface area contributed by atoms with Gasteiger partial charge in [-0.05, 0) is 47.5 Å². The van der Waals surface area contributed by atoms with E-state index in [0.717, 1.165) is 5.56 Å². The smallest absolute Gasteiger partial charge is 0.408 e. The van der Waals surface area contributed by atoms with Crippen molar-refractivity contribution in [1.29, 1.82) is 0 Å². The molecule has 0 fully saturated rings. The molecule has 0 radical (unpaired) electrons. The second-order valence-corrected chi connectivity index (χ2v) is 7.09. The van der Waals surface area contributed by atoms with E-state index >= 15 is 0 Å². The number of nitrogens with two attached hydrogens (primary N) is 1. The summed E-state index contributed by atoms with van der Waals surface area (Å²) in [5.74, 6) is -0.419. The van der Waals surface area contributed by atoms with Crippen molar-refractivity contribution in [3.8, 4) is 5.75 Å². The lowest BCUT2D eigenvalue weighted by molar-refractivity contribution is 0.0797. The summed E-state index contributed by atoms with van der Waals surface area (Å²) in [6.45, 7) is 0.0990. The number of para-hydroxylation sites is 2. The lowest BCUT2D eigenvalue weighted by Gasteiger charge is -2.18. The number of phenols is 1. The van der Waals surface area contributed by atoms with Gasteiger partial charge in [0.15, 0.2) is 0 Å². The Bertz CT molecular complexity index is 1050. The fourth-order valence-electron chi connectivity index (χ4n) is 3.01. The van der Waals surface area contributed by atoms with Gasteiger partial charge in [0.1, 0.15) is 11.9 Å². The van der Waals surface area contributed by atoms with Crippen molar-refractivity contribution in [2.75, 3.05) is 17.7 Å². The standard InChI is InChI=1S/C24H25N3O5/c25-19-11-5-16(6-12-19)15-26-24(31)32-22(13-14-28)17-7-9-18(10-8-17)23(30)27-20-3-1-2-4-21(20)29/h1-12,22,28-29H,13-15,25H2,(H,26,31)(H,27,30)/t22-/m1/s1. The summed E-state index contributed by atoms with van der Waals surface area (Å²) in [5.41, 5.74) is 8.47. The molecule has 1 atom stereocenters. The number of anilines is 2. The number of aromatic hydroxyl groups is 1. The molecule has 0 heterocycles. The minimum Gasteiger partial charge on any atom is -0.506 e. The third kappa shape index (κ3) is 6.23. The van der Waals surface area contributed by atoms with Crippen LogP contribution in [0.4, 0.5) is 16.2 Å². The van der Waals surface area contributed by atoms with Gasteiger partial charge >= 0.3 is 6.09 Å². The largest absolute Gasteiger partial charge is 0.506 e. The number of nitrogens with one attached hydrogen (secondary N) is 2. The number of benzene rings is 3.